The minimum absolute atomic E-state index is 0.127. The number of aryl methyl sites for hydroxylation is 1. The van der Waals surface area contributed by atoms with E-state index in [1.54, 1.807) is 22.2 Å². The summed E-state index contributed by atoms with van der Waals surface area (Å²) in [4.78, 5) is 37.1. The first kappa shape index (κ1) is 25.0. The summed E-state index contributed by atoms with van der Waals surface area (Å²) in [6.07, 6.45) is 6.45. The number of carbonyl (C=O) groups excluding carboxylic acids is 2. The summed E-state index contributed by atoms with van der Waals surface area (Å²) in [7, 11) is -3.94. The van der Waals surface area contributed by atoms with Crippen molar-refractivity contribution in [3.05, 3.63) is 41.9 Å². The molecule has 35 heavy (non-hydrogen) atoms. The molecule has 0 radical (unpaired) electrons. The van der Waals surface area contributed by atoms with Crippen molar-refractivity contribution in [2.45, 2.75) is 56.0 Å². The van der Waals surface area contributed by atoms with Crippen molar-refractivity contribution in [2.24, 2.45) is 0 Å². The average Bonchev–Trinajstić information content (AvgIpc) is 2.82. The third-order valence-corrected chi connectivity index (χ3v) is 7.50. The molecule has 9 nitrogen and oxygen atoms in total. The van der Waals surface area contributed by atoms with Crippen molar-refractivity contribution in [3.8, 4) is 0 Å². The Hall–Kier alpha value is -3.15. The van der Waals surface area contributed by atoms with Crippen molar-refractivity contribution in [2.75, 3.05) is 29.6 Å². The van der Waals surface area contributed by atoms with Crippen LogP contribution < -0.4 is 10.2 Å². The summed E-state index contributed by atoms with van der Waals surface area (Å²) >= 11 is 0. The fraction of sp³-hybridized carbons (Fsp3) is 0.478. The Morgan fingerprint density at radius 1 is 1.09 bits per heavy atom. The summed E-state index contributed by atoms with van der Waals surface area (Å²) in [6, 6.07) is 0.239. The number of hydrogen-bond donors (Lipinski definition) is 1. The predicted molar refractivity (Wildman–Crippen MR) is 125 cm³/mol. The van der Waals surface area contributed by atoms with Gasteiger partial charge in [0.2, 0.25) is 11.8 Å². The van der Waals surface area contributed by atoms with Gasteiger partial charge < -0.3 is 10.2 Å². The zero-order valence-electron chi connectivity index (χ0n) is 19.5. The maximum absolute atomic E-state index is 14.5. The average molecular weight is 508 g/mol. The highest BCUT2D eigenvalue weighted by Gasteiger charge is 2.38. The first-order chi connectivity index (χ1) is 16.6. The lowest BCUT2D eigenvalue weighted by Crippen LogP contribution is -2.56. The summed E-state index contributed by atoms with van der Waals surface area (Å²) < 4.78 is 52.0. The predicted octanol–water partition coefficient (Wildman–Crippen LogP) is 2.32. The van der Waals surface area contributed by atoms with E-state index in [2.05, 4.69) is 15.3 Å². The molecule has 2 aliphatic heterocycles. The maximum Gasteiger partial charge on any atom is 0.245 e. The van der Waals surface area contributed by atoms with Crippen molar-refractivity contribution in [1.29, 1.82) is 0 Å². The van der Waals surface area contributed by atoms with E-state index >= 15 is 0 Å². The molecule has 0 saturated carbocycles. The highest BCUT2D eigenvalue weighted by Crippen LogP contribution is 2.28. The standard InChI is InChI=1S/C23H27F2N5O4S/c1-3-14-12-27-21(13-26-14)30-8-6-15(9-22(30)31)29-7-4-5-18(23(29)32)28-19-10-17(25)20(11-16(19)24)35(2,33)34/h10-13,15,18,28H,3-9H2,1-2H3. The van der Waals surface area contributed by atoms with Crippen LogP contribution in [-0.4, -0.2) is 66.5 Å². The topological polar surface area (TPSA) is 113 Å². The third-order valence-electron chi connectivity index (χ3n) is 6.39. The van der Waals surface area contributed by atoms with Crippen molar-refractivity contribution < 1.29 is 26.8 Å². The van der Waals surface area contributed by atoms with Gasteiger partial charge in [0.1, 0.15) is 22.6 Å². The number of carbonyl (C=O) groups is 2. The van der Waals surface area contributed by atoms with Crippen LogP contribution in [0.1, 0.15) is 38.3 Å². The normalized spacial score (nSPS) is 21.4. The molecule has 1 N–H and O–H groups in total. The molecule has 2 amide bonds. The lowest BCUT2D eigenvalue weighted by atomic mass is 9.96. The number of anilines is 2. The van der Waals surface area contributed by atoms with Crippen LogP contribution in [0.3, 0.4) is 0 Å². The number of halogens is 2. The molecule has 0 aliphatic carbocycles. The van der Waals surface area contributed by atoms with Gasteiger partial charge in [-0.05, 0) is 31.7 Å². The molecular formula is C23H27F2N5O4S. The van der Waals surface area contributed by atoms with E-state index in [1.807, 2.05) is 6.92 Å². The Bertz CT molecular complexity index is 1240. The van der Waals surface area contributed by atoms with E-state index in [0.717, 1.165) is 24.4 Å². The van der Waals surface area contributed by atoms with Gasteiger partial charge in [0.05, 0.1) is 23.8 Å². The van der Waals surface area contributed by atoms with Gasteiger partial charge in [-0.2, -0.15) is 0 Å². The quantitative estimate of drug-likeness (QED) is 0.639. The number of sulfone groups is 1. The van der Waals surface area contributed by atoms with Gasteiger partial charge in [-0.15, -0.1) is 0 Å². The molecule has 2 atom stereocenters. The smallest absolute Gasteiger partial charge is 0.245 e. The zero-order valence-corrected chi connectivity index (χ0v) is 20.3. The molecule has 12 heteroatoms. The van der Waals surface area contributed by atoms with Gasteiger partial charge in [-0.25, -0.2) is 22.2 Å². The second-order valence-electron chi connectivity index (χ2n) is 8.82. The minimum atomic E-state index is -3.94. The van der Waals surface area contributed by atoms with Gasteiger partial charge >= 0.3 is 0 Å². The molecule has 0 spiro atoms. The molecule has 2 aromatic rings. The Balaban J connectivity index is 1.44. The number of rotatable bonds is 6. The monoisotopic (exact) mass is 507 g/mol. The second-order valence-corrected chi connectivity index (χ2v) is 10.8. The molecule has 0 bridgehead atoms. The highest BCUT2D eigenvalue weighted by atomic mass is 32.2. The van der Waals surface area contributed by atoms with Crippen molar-refractivity contribution in [3.63, 3.8) is 0 Å². The summed E-state index contributed by atoms with van der Waals surface area (Å²) in [6.45, 7) is 2.82. The second kappa shape index (κ2) is 9.84. The highest BCUT2D eigenvalue weighted by molar-refractivity contribution is 7.90. The number of piperidine rings is 2. The molecule has 2 fully saturated rings. The van der Waals surface area contributed by atoms with Crippen LogP contribution >= 0.6 is 0 Å². The Kier molecular flexibility index (Phi) is 7.02. The van der Waals surface area contributed by atoms with Gasteiger partial charge in [0.15, 0.2) is 15.7 Å². The Morgan fingerprint density at radius 2 is 1.86 bits per heavy atom. The lowest BCUT2D eigenvalue weighted by molar-refractivity contribution is -0.138. The number of hydrogen-bond acceptors (Lipinski definition) is 7. The number of nitrogens with one attached hydrogen (secondary N) is 1. The summed E-state index contributed by atoms with van der Waals surface area (Å²) in [5.74, 6) is -2.04. The van der Waals surface area contributed by atoms with E-state index in [9.17, 15) is 26.8 Å². The number of aromatic nitrogens is 2. The first-order valence-electron chi connectivity index (χ1n) is 11.5. The minimum Gasteiger partial charge on any atom is -0.371 e. The van der Waals surface area contributed by atoms with Crippen molar-refractivity contribution >= 4 is 33.2 Å². The van der Waals surface area contributed by atoms with Crippen LogP contribution in [0.2, 0.25) is 0 Å². The number of amides is 2. The van der Waals surface area contributed by atoms with Crippen LogP contribution in [0.25, 0.3) is 0 Å². The van der Waals surface area contributed by atoms with Crippen LogP contribution in [0, 0.1) is 11.6 Å². The lowest BCUT2D eigenvalue weighted by Gasteiger charge is -2.41. The maximum atomic E-state index is 14.5. The van der Waals surface area contributed by atoms with Gasteiger partial charge in [0.25, 0.3) is 0 Å². The Labute approximate surface area is 202 Å². The van der Waals surface area contributed by atoms with Gasteiger partial charge in [0, 0.05) is 37.9 Å². The zero-order chi connectivity index (χ0) is 25.3. The summed E-state index contributed by atoms with van der Waals surface area (Å²) in [5.41, 5.74) is 0.547. The van der Waals surface area contributed by atoms with E-state index in [4.69, 9.17) is 0 Å². The third kappa shape index (κ3) is 5.26. The fourth-order valence-electron chi connectivity index (χ4n) is 4.50. The van der Waals surface area contributed by atoms with Gasteiger partial charge in [-0.3, -0.25) is 19.5 Å². The SMILES string of the molecule is CCc1cnc(N2CCC(N3CCCC(Nc4cc(F)c(S(C)(=O)=O)cc4F)C3=O)CC2=O)cn1. The van der Waals surface area contributed by atoms with Crippen molar-refractivity contribution in [1.82, 2.24) is 14.9 Å². The van der Waals surface area contributed by atoms with E-state index in [-0.39, 0.29) is 30.0 Å². The van der Waals surface area contributed by atoms with E-state index in [0.29, 0.717) is 44.2 Å². The van der Waals surface area contributed by atoms with Gasteiger partial charge in [-0.1, -0.05) is 6.92 Å². The molecule has 2 aliphatic rings. The molecule has 4 rings (SSSR count). The van der Waals surface area contributed by atoms with E-state index < -0.39 is 32.4 Å². The van der Waals surface area contributed by atoms with Crippen LogP contribution in [0.4, 0.5) is 20.3 Å². The molecule has 3 heterocycles. The largest absolute Gasteiger partial charge is 0.371 e. The summed E-state index contributed by atoms with van der Waals surface area (Å²) in [5, 5.41) is 2.73. The van der Waals surface area contributed by atoms with Crippen LogP contribution in [-0.2, 0) is 25.8 Å². The van der Waals surface area contributed by atoms with Crippen LogP contribution in [0.5, 0.6) is 0 Å². The molecule has 2 saturated heterocycles. The van der Waals surface area contributed by atoms with Crippen LogP contribution in [0.15, 0.2) is 29.4 Å². The van der Waals surface area contributed by atoms with E-state index in [1.165, 1.54) is 0 Å². The molecule has 188 valence electrons. The fourth-order valence-corrected chi connectivity index (χ4v) is 5.23. The molecule has 1 aromatic carbocycles. The number of benzene rings is 1. The first-order valence-corrected chi connectivity index (χ1v) is 13.3. The number of likely N-dealkylation sites (tertiary alicyclic amines) is 1. The molecule has 1 aromatic heterocycles. The Morgan fingerprint density at radius 3 is 2.49 bits per heavy atom. The molecule has 2 unspecified atom stereocenters. The number of nitrogens with zero attached hydrogens (tertiary/aromatic N) is 4. The molecular weight excluding hydrogens is 480 g/mol.